The van der Waals surface area contributed by atoms with Crippen molar-refractivity contribution in [3.63, 3.8) is 0 Å². The molecule has 0 bridgehead atoms. The van der Waals surface area contributed by atoms with Gasteiger partial charge in [-0.3, -0.25) is 9.00 Å². The van der Waals surface area contributed by atoms with Crippen molar-refractivity contribution in [2.75, 3.05) is 43.3 Å². The van der Waals surface area contributed by atoms with E-state index in [1.807, 2.05) is 14.1 Å². The first-order valence-corrected chi connectivity index (χ1v) is 7.48. The molecule has 0 radical (unpaired) electrons. The van der Waals surface area contributed by atoms with Gasteiger partial charge in [0.2, 0.25) is 0 Å². The van der Waals surface area contributed by atoms with E-state index in [0.717, 1.165) is 0 Å². The Morgan fingerprint density at radius 2 is 2.24 bits per heavy atom. The minimum atomic E-state index is -0.912. The van der Waals surface area contributed by atoms with Crippen LogP contribution in [0.5, 0.6) is 0 Å². The second-order valence-corrected chi connectivity index (χ2v) is 6.17. The average Bonchev–Trinajstić information content (AvgIpc) is 2.59. The number of hydrogen-bond donors (Lipinski definition) is 2. The number of amides is 1. The highest BCUT2D eigenvalue weighted by Crippen LogP contribution is 2.26. The third kappa shape index (κ3) is 3.97. The molecule has 8 heteroatoms. The summed E-state index contributed by atoms with van der Waals surface area (Å²) < 4.78 is 10.8. The monoisotopic (exact) mass is 276 g/mol. The third-order valence-electron chi connectivity index (χ3n) is 1.91. The highest BCUT2D eigenvalue weighted by Gasteiger charge is 2.16. The number of thiazole rings is 1. The molecule has 17 heavy (non-hydrogen) atoms. The van der Waals surface area contributed by atoms with Gasteiger partial charge in [0.1, 0.15) is 10.7 Å². The normalized spacial score (nSPS) is 12.2. The van der Waals surface area contributed by atoms with E-state index in [1.165, 1.54) is 11.3 Å². The smallest absolute Gasteiger partial charge is 0.265 e. The van der Waals surface area contributed by atoms with E-state index in [9.17, 15) is 9.00 Å². The number of carbonyl (C=O) groups excluding carboxylic acids is 1. The van der Waals surface area contributed by atoms with Crippen LogP contribution in [0.2, 0.25) is 0 Å². The molecule has 0 saturated carbocycles. The molecule has 0 saturated heterocycles. The summed E-state index contributed by atoms with van der Waals surface area (Å²) in [5.74, 6) is 0.401. The maximum atomic E-state index is 11.7. The fourth-order valence-electron chi connectivity index (χ4n) is 1.06. The predicted molar refractivity (Wildman–Crippen MR) is 72.1 cm³/mol. The van der Waals surface area contributed by atoms with Crippen LogP contribution in [0.3, 0.4) is 0 Å². The zero-order valence-electron chi connectivity index (χ0n) is 10.0. The van der Waals surface area contributed by atoms with Crippen LogP contribution in [0.4, 0.5) is 10.9 Å². The number of nitrogens with zero attached hydrogens (tertiary/aromatic N) is 2. The Labute approximate surface area is 107 Å². The number of rotatable bonds is 5. The maximum absolute atomic E-state index is 11.7. The molecule has 1 aromatic heterocycles. The Kier molecular flexibility index (Phi) is 4.88. The summed E-state index contributed by atoms with van der Waals surface area (Å²) in [5, 5.41) is 3.35. The molecule has 1 unspecified atom stereocenters. The minimum absolute atomic E-state index is 0.230. The molecule has 1 amide bonds. The van der Waals surface area contributed by atoms with Crippen LogP contribution < -0.4 is 16.0 Å². The molecule has 6 nitrogen and oxygen atoms in total. The van der Waals surface area contributed by atoms with Crippen LogP contribution in [0.15, 0.2) is 0 Å². The van der Waals surface area contributed by atoms with Gasteiger partial charge in [0.25, 0.3) is 5.91 Å². The summed E-state index contributed by atoms with van der Waals surface area (Å²) in [5.41, 5.74) is 5.66. The molecule has 0 fully saturated rings. The zero-order chi connectivity index (χ0) is 13.0. The first kappa shape index (κ1) is 13.9. The van der Waals surface area contributed by atoms with Crippen molar-refractivity contribution >= 4 is 39.0 Å². The molecular weight excluding hydrogens is 260 g/mol. The predicted octanol–water partition coefficient (Wildman–Crippen LogP) is -0.100. The van der Waals surface area contributed by atoms with Crippen LogP contribution in [0, 0.1) is 0 Å². The number of nitrogen functional groups attached to an aromatic ring is 1. The molecule has 0 aliphatic carbocycles. The van der Waals surface area contributed by atoms with Gasteiger partial charge >= 0.3 is 0 Å². The Hall–Kier alpha value is -1.15. The van der Waals surface area contributed by atoms with Crippen molar-refractivity contribution in [2.24, 2.45) is 0 Å². The summed E-state index contributed by atoms with van der Waals surface area (Å²) in [6.45, 7) is 0.372. The van der Waals surface area contributed by atoms with Gasteiger partial charge in [-0.2, -0.15) is 0 Å². The van der Waals surface area contributed by atoms with Crippen LogP contribution >= 0.6 is 11.3 Å². The van der Waals surface area contributed by atoms with E-state index in [2.05, 4.69) is 10.3 Å². The lowest BCUT2D eigenvalue weighted by Gasteiger charge is -2.05. The topological polar surface area (TPSA) is 88.3 Å². The number of nitrogens with one attached hydrogen (secondary N) is 1. The molecule has 1 heterocycles. The molecule has 1 atom stereocenters. The second-order valence-electron chi connectivity index (χ2n) is 3.64. The summed E-state index contributed by atoms with van der Waals surface area (Å²) in [6.07, 6.45) is 1.59. The van der Waals surface area contributed by atoms with Crippen molar-refractivity contribution in [3.8, 4) is 0 Å². The fourth-order valence-corrected chi connectivity index (χ4v) is 2.28. The summed E-state index contributed by atoms with van der Waals surface area (Å²) in [4.78, 5) is 18.0. The van der Waals surface area contributed by atoms with E-state index in [4.69, 9.17) is 5.73 Å². The molecule has 0 spiro atoms. The molecule has 0 aromatic carbocycles. The molecule has 96 valence electrons. The van der Waals surface area contributed by atoms with Gasteiger partial charge in [-0.15, -0.1) is 0 Å². The van der Waals surface area contributed by atoms with Crippen molar-refractivity contribution < 1.29 is 9.00 Å². The Bertz CT molecular complexity index is 431. The van der Waals surface area contributed by atoms with Crippen molar-refractivity contribution in [3.05, 3.63) is 4.88 Å². The first-order chi connectivity index (χ1) is 7.91. The van der Waals surface area contributed by atoms with E-state index in [1.54, 1.807) is 11.2 Å². The van der Waals surface area contributed by atoms with E-state index in [-0.39, 0.29) is 11.7 Å². The largest absolute Gasteiger partial charge is 0.382 e. The average molecular weight is 276 g/mol. The van der Waals surface area contributed by atoms with Crippen LogP contribution in [-0.2, 0) is 10.8 Å². The number of nitrogens with two attached hydrogens (primary N) is 1. The highest BCUT2D eigenvalue weighted by molar-refractivity contribution is 7.84. The van der Waals surface area contributed by atoms with Crippen molar-refractivity contribution in [1.82, 2.24) is 10.3 Å². The number of hydrogen-bond acceptors (Lipinski definition) is 6. The lowest BCUT2D eigenvalue weighted by atomic mass is 10.4. The van der Waals surface area contributed by atoms with Crippen molar-refractivity contribution in [1.29, 1.82) is 0 Å². The SMILES string of the molecule is CN(C)c1nc(N)c(C(=O)NCCS(C)=O)s1. The molecule has 0 aliphatic heterocycles. The minimum Gasteiger partial charge on any atom is -0.382 e. The van der Waals surface area contributed by atoms with Gasteiger partial charge in [0.15, 0.2) is 5.13 Å². The van der Waals surface area contributed by atoms with Crippen LogP contribution in [0.1, 0.15) is 9.67 Å². The Balaban J connectivity index is 2.65. The van der Waals surface area contributed by atoms with Crippen molar-refractivity contribution in [2.45, 2.75) is 0 Å². The lowest BCUT2D eigenvalue weighted by molar-refractivity contribution is 0.0961. The fraction of sp³-hybridized carbons (Fsp3) is 0.556. The van der Waals surface area contributed by atoms with Gasteiger partial charge in [0, 0.05) is 43.4 Å². The summed E-state index contributed by atoms with van der Waals surface area (Å²) >= 11 is 1.24. The molecule has 0 aliphatic rings. The molecule has 1 aromatic rings. The van der Waals surface area contributed by atoms with Gasteiger partial charge in [-0.25, -0.2) is 4.98 Å². The number of carbonyl (C=O) groups is 1. The van der Waals surface area contributed by atoms with Gasteiger partial charge in [0.05, 0.1) is 0 Å². The highest BCUT2D eigenvalue weighted by atomic mass is 32.2. The third-order valence-corrected chi connectivity index (χ3v) is 3.92. The first-order valence-electron chi connectivity index (χ1n) is 4.93. The molecular formula is C9H16N4O2S2. The summed E-state index contributed by atoms with van der Waals surface area (Å²) in [7, 11) is 2.75. The standard InChI is InChI=1S/C9H16N4O2S2/c1-13(2)9-12-7(10)6(16-9)8(14)11-4-5-17(3)15/h4-5,10H2,1-3H3,(H,11,14). The quantitative estimate of drug-likeness (QED) is 0.784. The van der Waals surface area contributed by atoms with Gasteiger partial charge in [-0.1, -0.05) is 11.3 Å². The molecule has 3 N–H and O–H groups in total. The summed E-state index contributed by atoms with van der Waals surface area (Å²) in [6, 6.07) is 0. The van der Waals surface area contributed by atoms with Gasteiger partial charge < -0.3 is 16.0 Å². The van der Waals surface area contributed by atoms with Gasteiger partial charge in [-0.05, 0) is 0 Å². The maximum Gasteiger partial charge on any atom is 0.265 e. The zero-order valence-corrected chi connectivity index (χ0v) is 11.7. The lowest BCUT2D eigenvalue weighted by Crippen LogP contribution is -2.27. The van der Waals surface area contributed by atoms with E-state index >= 15 is 0 Å². The van der Waals surface area contributed by atoms with Crippen LogP contribution in [0.25, 0.3) is 0 Å². The Morgan fingerprint density at radius 1 is 1.59 bits per heavy atom. The number of aromatic nitrogens is 1. The second kappa shape index (κ2) is 5.97. The van der Waals surface area contributed by atoms with E-state index in [0.29, 0.717) is 22.3 Å². The van der Waals surface area contributed by atoms with Crippen LogP contribution in [-0.4, -0.2) is 47.7 Å². The molecule has 1 rings (SSSR count). The van der Waals surface area contributed by atoms with E-state index < -0.39 is 10.8 Å². The Morgan fingerprint density at radius 3 is 2.71 bits per heavy atom. The number of anilines is 2.